The fourth-order valence-electron chi connectivity index (χ4n) is 2.54. The summed E-state index contributed by atoms with van der Waals surface area (Å²) in [5.41, 5.74) is 5.31. The molecule has 0 aliphatic rings. The van der Waals surface area contributed by atoms with E-state index in [9.17, 15) is 14.7 Å². The van der Waals surface area contributed by atoms with E-state index in [1.54, 1.807) is 0 Å². The van der Waals surface area contributed by atoms with Crippen molar-refractivity contribution < 1.29 is 14.7 Å². The highest BCUT2D eigenvalue weighted by Crippen LogP contribution is 2.23. The summed E-state index contributed by atoms with van der Waals surface area (Å²) in [6, 6.07) is -0.366. The smallest absolute Gasteiger partial charge is 0.306 e. The molecule has 0 aromatic carbocycles. The Morgan fingerprint density at radius 1 is 1.15 bits per heavy atom. The second-order valence-electron chi connectivity index (χ2n) is 5.41. The van der Waals surface area contributed by atoms with Crippen molar-refractivity contribution in [2.75, 3.05) is 6.54 Å². The van der Waals surface area contributed by atoms with Crippen molar-refractivity contribution in [3.8, 4) is 0 Å². The second-order valence-corrected chi connectivity index (χ2v) is 5.41. The number of primary amides is 1. The number of carbonyl (C=O) groups is 2. The first-order valence-electron chi connectivity index (χ1n) is 7.73. The Balaban J connectivity index is 4.64. The molecular weight excluding hydrogens is 256 g/mol. The number of amides is 1. The van der Waals surface area contributed by atoms with E-state index in [0.717, 1.165) is 25.7 Å². The third kappa shape index (κ3) is 6.89. The molecule has 5 nitrogen and oxygen atoms in total. The van der Waals surface area contributed by atoms with Gasteiger partial charge in [-0.1, -0.05) is 40.0 Å². The number of rotatable bonds is 12. The van der Waals surface area contributed by atoms with E-state index in [1.807, 2.05) is 6.92 Å². The van der Waals surface area contributed by atoms with Crippen molar-refractivity contribution in [2.24, 2.45) is 17.6 Å². The Labute approximate surface area is 122 Å². The van der Waals surface area contributed by atoms with E-state index in [-0.39, 0.29) is 23.8 Å². The molecule has 5 heteroatoms. The van der Waals surface area contributed by atoms with Gasteiger partial charge in [0.25, 0.3) is 0 Å². The van der Waals surface area contributed by atoms with E-state index in [2.05, 4.69) is 19.2 Å². The third-order valence-electron chi connectivity index (χ3n) is 3.79. The summed E-state index contributed by atoms with van der Waals surface area (Å²) in [5.74, 6) is -1.39. The van der Waals surface area contributed by atoms with Crippen LogP contribution in [0.5, 0.6) is 0 Å². The topological polar surface area (TPSA) is 92.4 Å². The van der Waals surface area contributed by atoms with Gasteiger partial charge in [0.2, 0.25) is 5.91 Å². The maximum Gasteiger partial charge on any atom is 0.306 e. The molecule has 0 aromatic rings. The SMILES string of the molecule is CCCCC(C(=O)O)C(CCC)CN[C@@H](CC)C(N)=O. The Hall–Kier alpha value is -1.10. The van der Waals surface area contributed by atoms with Crippen LogP contribution in [-0.2, 0) is 9.59 Å². The molecule has 0 aliphatic heterocycles. The van der Waals surface area contributed by atoms with Crippen LogP contribution in [0.1, 0.15) is 59.3 Å². The van der Waals surface area contributed by atoms with Crippen molar-refractivity contribution in [1.29, 1.82) is 0 Å². The summed E-state index contributed by atoms with van der Waals surface area (Å²) in [6.07, 6.45) is 5.03. The summed E-state index contributed by atoms with van der Waals surface area (Å²) in [5, 5.41) is 12.5. The largest absolute Gasteiger partial charge is 0.481 e. The summed E-state index contributed by atoms with van der Waals surface area (Å²) in [4.78, 5) is 22.7. The van der Waals surface area contributed by atoms with Crippen LogP contribution in [0.25, 0.3) is 0 Å². The molecule has 0 radical (unpaired) electrons. The molecule has 0 spiro atoms. The maximum absolute atomic E-state index is 11.5. The first-order valence-corrected chi connectivity index (χ1v) is 7.73. The quantitative estimate of drug-likeness (QED) is 0.512. The molecular formula is C15H30N2O3. The Kier molecular flexibility index (Phi) is 10.1. The molecule has 0 rings (SSSR count). The number of nitrogens with one attached hydrogen (secondary N) is 1. The van der Waals surface area contributed by atoms with E-state index in [1.165, 1.54) is 0 Å². The van der Waals surface area contributed by atoms with Gasteiger partial charge in [0.15, 0.2) is 0 Å². The molecule has 0 bridgehead atoms. The number of carboxylic acid groups (broad SMARTS) is 1. The van der Waals surface area contributed by atoms with Crippen LogP contribution in [-0.4, -0.2) is 29.6 Å². The lowest BCUT2D eigenvalue weighted by Crippen LogP contribution is -2.44. The molecule has 0 aromatic heterocycles. The van der Waals surface area contributed by atoms with E-state index >= 15 is 0 Å². The van der Waals surface area contributed by atoms with Crippen molar-refractivity contribution in [3.63, 3.8) is 0 Å². The molecule has 0 saturated carbocycles. The van der Waals surface area contributed by atoms with Crippen molar-refractivity contribution in [2.45, 2.75) is 65.3 Å². The number of aliphatic carboxylic acids is 1. The van der Waals surface area contributed by atoms with Crippen LogP contribution in [0.3, 0.4) is 0 Å². The zero-order chi connectivity index (χ0) is 15.5. The lowest BCUT2D eigenvalue weighted by Gasteiger charge is -2.25. The number of carboxylic acids is 1. The van der Waals surface area contributed by atoms with E-state index < -0.39 is 5.97 Å². The fourth-order valence-corrected chi connectivity index (χ4v) is 2.54. The normalized spacial score (nSPS) is 15.6. The van der Waals surface area contributed by atoms with Crippen molar-refractivity contribution >= 4 is 11.9 Å². The summed E-state index contributed by atoms with van der Waals surface area (Å²) in [6.45, 7) is 6.54. The molecule has 0 aliphatic carbocycles. The van der Waals surface area contributed by atoms with Crippen molar-refractivity contribution in [3.05, 3.63) is 0 Å². The Bertz CT molecular complexity index is 295. The molecule has 0 saturated heterocycles. The molecule has 0 fully saturated rings. The average molecular weight is 286 g/mol. The minimum absolute atomic E-state index is 0.0532. The predicted octanol–water partition coefficient (Wildman–Crippen LogP) is 2.15. The van der Waals surface area contributed by atoms with Gasteiger partial charge in [0, 0.05) is 0 Å². The van der Waals surface area contributed by atoms with Gasteiger partial charge in [-0.2, -0.15) is 0 Å². The lowest BCUT2D eigenvalue weighted by atomic mass is 9.84. The molecule has 3 atom stereocenters. The third-order valence-corrected chi connectivity index (χ3v) is 3.79. The van der Waals surface area contributed by atoms with E-state index in [0.29, 0.717) is 19.4 Å². The minimum Gasteiger partial charge on any atom is -0.481 e. The highest BCUT2D eigenvalue weighted by molar-refractivity contribution is 5.79. The standard InChI is InChI=1S/C15H30N2O3/c1-4-7-9-12(15(19)20)11(8-5-2)10-17-13(6-3)14(16)18/h11-13,17H,4-10H2,1-3H3,(H2,16,18)(H,19,20)/t11?,12?,13-/m0/s1. The van der Waals surface area contributed by atoms with Gasteiger partial charge in [0.1, 0.15) is 0 Å². The monoisotopic (exact) mass is 286 g/mol. The molecule has 20 heavy (non-hydrogen) atoms. The number of unbranched alkanes of at least 4 members (excludes halogenated alkanes) is 1. The lowest BCUT2D eigenvalue weighted by molar-refractivity contribution is -0.144. The van der Waals surface area contributed by atoms with Gasteiger partial charge >= 0.3 is 5.97 Å². The Morgan fingerprint density at radius 3 is 2.20 bits per heavy atom. The zero-order valence-corrected chi connectivity index (χ0v) is 13.0. The van der Waals surface area contributed by atoms with E-state index in [4.69, 9.17) is 5.73 Å². The number of carbonyl (C=O) groups excluding carboxylic acids is 1. The first-order chi connectivity index (χ1) is 9.47. The van der Waals surface area contributed by atoms with Gasteiger partial charge < -0.3 is 16.2 Å². The van der Waals surface area contributed by atoms with Gasteiger partial charge in [0.05, 0.1) is 12.0 Å². The summed E-state index contributed by atoms with van der Waals surface area (Å²) in [7, 11) is 0. The van der Waals surface area contributed by atoms with Crippen molar-refractivity contribution in [1.82, 2.24) is 5.32 Å². The summed E-state index contributed by atoms with van der Waals surface area (Å²) < 4.78 is 0. The van der Waals surface area contributed by atoms with Gasteiger partial charge in [-0.15, -0.1) is 0 Å². The molecule has 2 unspecified atom stereocenters. The first kappa shape index (κ1) is 18.9. The zero-order valence-electron chi connectivity index (χ0n) is 13.0. The highest BCUT2D eigenvalue weighted by Gasteiger charge is 2.27. The van der Waals surface area contributed by atoms with Crippen LogP contribution >= 0.6 is 0 Å². The maximum atomic E-state index is 11.5. The Morgan fingerprint density at radius 2 is 1.80 bits per heavy atom. The second kappa shape index (κ2) is 10.7. The molecule has 1 amide bonds. The van der Waals surface area contributed by atoms with Crippen LogP contribution in [0.15, 0.2) is 0 Å². The van der Waals surface area contributed by atoms with Crippen LogP contribution in [0, 0.1) is 11.8 Å². The van der Waals surface area contributed by atoms with Gasteiger partial charge in [-0.3, -0.25) is 9.59 Å². The number of hydrogen-bond donors (Lipinski definition) is 3. The molecule has 118 valence electrons. The molecule has 0 heterocycles. The van der Waals surface area contributed by atoms with Gasteiger partial charge in [-0.25, -0.2) is 0 Å². The van der Waals surface area contributed by atoms with Crippen LogP contribution in [0.4, 0.5) is 0 Å². The number of nitrogens with two attached hydrogens (primary N) is 1. The van der Waals surface area contributed by atoms with Crippen LogP contribution < -0.4 is 11.1 Å². The minimum atomic E-state index is -0.731. The average Bonchev–Trinajstić information content (AvgIpc) is 2.38. The fraction of sp³-hybridized carbons (Fsp3) is 0.867. The van der Waals surface area contributed by atoms with Crippen LogP contribution in [0.2, 0.25) is 0 Å². The van der Waals surface area contributed by atoms with Gasteiger partial charge in [-0.05, 0) is 31.7 Å². The summed E-state index contributed by atoms with van der Waals surface area (Å²) >= 11 is 0. The highest BCUT2D eigenvalue weighted by atomic mass is 16.4. The predicted molar refractivity (Wildman–Crippen MR) is 80.3 cm³/mol. The number of hydrogen-bond acceptors (Lipinski definition) is 3. The molecule has 4 N–H and O–H groups in total.